The van der Waals surface area contributed by atoms with Crippen LogP contribution in [0.4, 0.5) is 0 Å². The summed E-state index contributed by atoms with van der Waals surface area (Å²) >= 11 is 12.0. The summed E-state index contributed by atoms with van der Waals surface area (Å²) < 4.78 is 39.2. The van der Waals surface area contributed by atoms with Gasteiger partial charge in [0.05, 0.1) is 32.7 Å². The number of aromatic nitrogens is 1. The molecule has 2 heterocycles. The van der Waals surface area contributed by atoms with Gasteiger partial charge in [-0.05, 0) is 67.6 Å². The molecule has 1 aliphatic heterocycles. The maximum Gasteiger partial charge on any atom is 0.316 e. The molecule has 1 aliphatic carbocycles. The van der Waals surface area contributed by atoms with E-state index in [0.29, 0.717) is 35.4 Å². The number of rotatable bonds is 8. The molecule has 0 radical (unpaired) electrons. The molecular formula is C33H31Cl2N3O6S. The molecule has 0 N–H and O–H groups in total. The van der Waals surface area contributed by atoms with Crippen LogP contribution < -0.4 is 0 Å². The largest absolute Gasteiger partial charge is 0.465 e. The summed E-state index contributed by atoms with van der Waals surface area (Å²) in [5.74, 6) is -0.280. The molecule has 9 nitrogen and oxygen atoms in total. The van der Waals surface area contributed by atoms with Gasteiger partial charge in [-0.1, -0.05) is 70.8 Å². The van der Waals surface area contributed by atoms with Crippen LogP contribution in [0.2, 0.25) is 10.0 Å². The summed E-state index contributed by atoms with van der Waals surface area (Å²) in [6.07, 6.45) is 1.35. The van der Waals surface area contributed by atoms with Crippen molar-refractivity contribution in [3.63, 3.8) is 0 Å². The highest BCUT2D eigenvalue weighted by molar-refractivity contribution is 7.89. The van der Waals surface area contributed by atoms with Crippen LogP contribution in [0, 0.1) is 6.92 Å². The van der Waals surface area contributed by atoms with E-state index in [2.05, 4.69) is 5.16 Å². The molecule has 0 spiro atoms. The Morgan fingerprint density at radius 3 is 2.29 bits per heavy atom. The molecule has 3 aromatic carbocycles. The molecule has 45 heavy (non-hydrogen) atoms. The number of amides is 1. The first-order valence-corrected chi connectivity index (χ1v) is 16.8. The summed E-state index contributed by atoms with van der Waals surface area (Å²) in [7, 11) is -3.84. The van der Waals surface area contributed by atoms with Gasteiger partial charge in [0.25, 0.3) is 5.91 Å². The van der Waals surface area contributed by atoms with Gasteiger partial charge in [-0.15, -0.1) is 0 Å². The van der Waals surface area contributed by atoms with E-state index in [1.165, 1.54) is 22.5 Å². The maximum absolute atomic E-state index is 14.1. The molecule has 2 fully saturated rings. The van der Waals surface area contributed by atoms with E-state index in [4.69, 9.17) is 32.5 Å². The zero-order valence-corrected chi connectivity index (χ0v) is 27.1. The van der Waals surface area contributed by atoms with Crippen LogP contribution in [-0.4, -0.2) is 67.4 Å². The molecule has 1 saturated carbocycles. The highest BCUT2D eigenvalue weighted by Crippen LogP contribution is 2.51. The number of carbonyl (C=O) groups excluding carboxylic acids is 2. The van der Waals surface area contributed by atoms with Crippen molar-refractivity contribution in [1.29, 1.82) is 0 Å². The normalized spacial score (nSPS) is 16.4. The number of ether oxygens (including phenoxy) is 1. The molecule has 0 bridgehead atoms. The second kappa shape index (κ2) is 12.2. The lowest BCUT2D eigenvalue weighted by Crippen LogP contribution is -2.50. The Morgan fingerprint density at radius 1 is 0.933 bits per heavy atom. The van der Waals surface area contributed by atoms with Gasteiger partial charge >= 0.3 is 5.97 Å². The zero-order valence-electron chi connectivity index (χ0n) is 24.8. The van der Waals surface area contributed by atoms with Crippen molar-refractivity contribution < 1.29 is 27.3 Å². The second-order valence-electron chi connectivity index (χ2n) is 11.2. The van der Waals surface area contributed by atoms with Crippen molar-refractivity contribution in [3.8, 4) is 22.5 Å². The molecular weight excluding hydrogens is 637 g/mol. The Hall–Kier alpha value is -3.70. The summed E-state index contributed by atoms with van der Waals surface area (Å²) in [4.78, 5) is 28.7. The molecule has 6 rings (SSSR count). The number of piperazine rings is 1. The maximum atomic E-state index is 14.1. The van der Waals surface area contributed by atoms with Crippen LogP contribution in [0.1, 0.15) is 41.4 Å². The average molecular weight is 669 g/mol. The third kappa shape index (κ3) is 5.76. The van der Waals surface area contributed by atoms with Crippen LogP contribution in [0.15, 0.2) is 76.1 Å². The van der Waals surface area contributed by atoms with Gasteiger partial charge in [0, 0.05) is 31.7 Å². The number of esters is 1. The molecule has 12 heteroatoms. The predicted molar refractivity (Wildman–Crippen MR) is 171 cm³/mol. The lowest BCUT2D eigenvalue weighted by atomic mass is 9.88. The standard InChI is InChI=1S/C33H31Cl2N3O6S/c1-3-43-32(40)33(13-14-33)23-9-11-25(22-7-5-4-6-8-22)26(19-23)30-29(21(2)36-44-30)31(39)37-15-17-38(18-16-37)45(41,42)24-10-12-27(34)28(35)20-24/h4-12,19-20H,3,13-18H2,1-2H3. The van der Waals surface area contributed by atoms with E-state index in [0.717, 1.165) is 16.7 Å². The molecule has 1 aromatic heterocycles. The van der Waals surface area contributed by atoms with Crippen LogP contribution in [0.3, 0.4) is 0 Å². The van der Waals surface area contributed by atoms with Gasteiger partial charge in [-0.3, -0.25) is 9.59 Å². The lowest BCUT2D eigenvalue weighted by Gasteiger charge is -2.34. The van der Waals surface area contributed by atoms with Gasteiger partial charge in [0.1, 0.15) is 5.56 Å². The first kappa shape index (κ1) is 31.3. The van der Waals surface area contributed by atoms with Crippen molar-refractivity contribution >= 4 is 45.1 Å². The fourth-order valence-corrected chi connectivity index (χ4v) is 7.60. The molecule has 1 saturated heterocycles. The minimum atomic E-state index is -3.84. The SMILES string of the molecule is CCOC(=O)C1(c2ccc(-c3ccccc3)c(-c3onc(C)c3C(=O)N3CCN(S(=O)(=O)c4ccc(Cl)c(Cl)c4)CC3)c2)CC1. The number of aryl methyl sites for hydroxylation is 1. The van der Waals surface area contributed by atoms with Gasteiger partial charge in [-0.25, -0.2) is 8.42 Å². The van der Waals surface area contributed by atoms with E-state index in [9.17, 15) is 18.0 Å². The molecule has 0 atom stereocenters. The van der Waals surface area contributed by atoms with E-state index < -0.39 is 15.4 Å². The van der Waals surface area contributed by atoms with E-state index in [-0.39, 0.29) is 59.6 Å². The zero-order chi connectivity index (χ0) is 31.9. The van der Waals surface area contributed by atoms with Crippen LogP contribution >= 0.6 is 23.2 Å². The topological polar surface area (TPSA) is 110 Å². The first-order chi connectivity index (χ1) is 21.6. The van der Waals surface area contributed by atoms with E-state index >= 15 is 0 Å². The van der Waals surface area contributed by atoms with E-state index in [1.807, 2.05) is 48.5 Å². The lowest BCUT2D eigenvalue weighted by molar-refractivity contribution is -0.146. The third-order valence-corrected chi connectivity index (χ3v) is 11.1. The highest BCUT2D eigenvalue weighted by atomic mass is 35.5. The second-order valence-corrected chi connectivity index (χ2v) is 13.9. The number of benzene rings is 3. The molecule has 2 aliphatic rings. The number of halogens is 2. The smallest absolute Gasteiger partial charge is 0.316 e. The van der Waals surface area contributed by atoms with Crippen molar-refractivity contribution in [2.45, 2.75) is 37.0 Å². The Balaban J connectivity index is 1.32. The fraction of sp³-hybridized carbons (Fsp3) is 0.303. The summed E-state index contributed by atoms with van der Waals surface area (Å²) in [6.45, 7) is 4.31. The summed E-state index contributed by atoms with van der Waals surface area (Å²) in [5.41, 5.74) is 3.15. The molecule has 1 amide bonds. The Bertz CT molecular complexity index is 1880. The van der Waals surface area contributed by atoms with Crippen molar-refractivity contribution in [1.82, 2.24) is 14.4 Å². The summed E-state index contributed by atoms with van der Waals surface area (Å²) in [6, 6.07) is 19.7. The Labute approximate surface area is 271 Å². The monoisotopic (exact) mass is 667 g/mol. The quantitative estimate of drug-likeness (QED) is 0.201. The van der Waals surface area contributed by atoms with Crippen molar-refractivity contribution in [3.05, 3.63) is 93.6 Å². The molecule has 234 valence electrons. The third-order valence-electron chi connectivity index (χ3n) is 8.45. The van der Waals surface area contributed by atoms with E-state index in [1.54, 1.807) is 18.7 Å². The number of hydrogen-bond acceptors (Lipinski definition) is 7. The fourth-order valence-electron chi connectivity index (χ4n) is 5.79. The van der Waals surface area contributed by atoms with Crippen LogP contribution in [-0.2, 0) is 25.0 Å². The average Bonchev–Trinajstić information content (AvgIpc) is 3.78. The van der Waals surface area contributed by atoms with Gasteiger partial charge in [0.2, 0.25) is 10.0 Å². The number of sulfonamides is 1. The minimum absolute atomic E-state index is 0.0402. The summed E-state index contributed by atoms with van der Waals surface area (Å²) in [5, 5.41) is 4.59. The highest BCUT2D eigenvalue weighted by Gasteiger charge is 2.53. The first-order valence-electron chi connectivity index (χ1n) is 14.6. The van der Waals surface area contributed by atoms with Crippen LogP contribution in [0.25, 0.3) is 22.5 Å². The van der Waals surface area contributed by atoms with Crippen LogP contribution in [0.5, 0.6) is 0 Å². The molecule has 4 aromatic rings. The van der Waals surface area contributed by atoms with Gasteiger partial charge < -0.3 is 14.2 Å². The number of carbonyl (C=O) groups is 2. The number of nitrogens with zero attached hydrogens (tertiary/aromatic N) is 3. The van der Waals surface area contributed by atoms with Gasteiger partial charge in [0.15, 0.2) is 5.76 Å². The Morgan fingerprint density at radius 2 is 1.64 bits per heavy atom. The predicted octanol–water partition coefficient (Wildman–Crippen LogP) is 6.37. The van der Waals surface area contributed by atoms with Gasteiger partial charge in [-0.2, -0.15) is 4.31 Å². The minimum Gasteiger partial charge on any atom is -0.465 e. The van der Waals surface area contributed by atoms with Crippen molar-refractivity contribution in [2.75, 3.05) is 32.8 Å². The molecule has 0 unspecified atom stereocenters. The number of hydrogen-bond donors (Lipinski definition) is 0. The van der Waals surface area contributed by atoms with Crippen molar-refractivity contribution in [2.24, 2.45) is 0 Å². The Kier molecular flexibility index (Phi) is 8.51.